The predicted octanol–water partition coefficient (Wildman–Crippen LogP) is 2.21. The Hall–Kier alpha value is -2.37. The van der Waals surface area contributed by atoms with Crippen molar-refractivity contribution < 1.29 is 4.79 Å². The monoisotopic (exact) mass is 315 g/mol. The lowest BCUT2D eigenvalue weighted by Crippen LogP contribution is -2.28. The van der Waals surface area contributed by atoms with Gasteiger partial charge in [-0.05, 0) is 44.9 Å². The van der Waals surface area contributed by atoms with Gasteiger partial charge in [-0.1, -0.05) is 0 Å². The number of hydrogen-bond acceptors (Lipinski definition) is 4. The Morgan fingerprint density at radius 2 is 2.09 bits per heavy atom. The van der Waals surface area contributed by atoms with Crippen LogP contribution in [0.1, 0.15) is 29.8 Å². The van der Waals surface area contributed by atoms with Gasteiger partial charge in [0, 0.05) is 49.8 Å². The zero-order valence-electron chi connectivity index (χ0n) is 14.1. The maximum absolute atomic E-state index is 11.8. The number of nitrogens with zero attached hydrogens (tertiary/aromatic N) is 3. The lowest BCUT2D eigenvalue weighted by molar-refractivity contribution is -0.121. The van der Waals surface area contributed by atoms with Gasteiger partial charge in [0.2, 0.25) is 5.91 Å². The van der Waals surface area contributed by atoms with Gasteiger partial charge in [-0.25, -0.2) is 0 Å². The molecule has 6 nitrogen and oxygen atoms in total. The normalized spacial score (nSPS) is 10.6. The van der Waals surface area contributed by atoms with Crippen LogP contribution in [-0.2, 0) is 11.3 Å². The molecular formula is C17H25N5O. The minimum absolute atomic E-state index is 0.0831. The van der Waals surface area contributed by atoms with Crippen LogP contribution in [0.4, 0.5) is 5.69 Å². The van der Waals surface area contributed by atoms with Gasteiger partial charge < -0.3 is 10.6 Å². The second-order valence-corrected chi connectivity index (χ2v) is 5.72. The molecule has 2 heterocycles. The highest BCUT2D eigenvalue weighted by molar-refractivity contribution is 5.75. The number of anilines is 1. The maximum atomic E-state index is 11.8. The van der Waals surface area contributed by atoms with E-state index in [1.807, 2.05) is 43.8 Å². The molecule has 0 unspecified atom stereocenters. The molecule has 0 saturated carbocycles. The molecule has 124 valence electrons. The summed E-state index contributed by atoms with van der Waals surface area (Å²) in [7, 11) is 0. The molecule has 2 aromatic rings. The molecule has 0 fully saturated rings. The van der Waals surface area contributed by atoms with Gasteiger partial charge in [-0.2, -0.15) is 5.10 Å². The summed E-state index contributed by atoms with van der Waals surface area (Å²) in [5.74, 6) is 0.0831. The van der Waals surface area contributed by atoms with Crippen molar-refractivity contribution in [3.63, 3.8) is 0 Å². The Bertz CT molecular complexity index is 650. The summed E-state index contributed by atoms with van der Waals surface area (Å²) in [4.78, 5) is 15.9. The quantitative estimate of drug-likeness (QED) is 0.733. The third kappa shape index (κ3) is 5.39. The van der Waals surface area contributed by atoms with Crippen LogP contribution < -0.4 is 10.6 Å². The maximum Gasteiger partial charge on any atom is 0.220 e. The van der Waals surface area contributed by atoms with E-state index in [2.05, 4.69) is 20.7 Å². The average molecular weight is 315 g/mol. The topological polar surface area (TPSA) is 71.8 Å². The Labute approximate surface area is 137 Å². The van der Waals surface area contributed by atoms with Gasteiger partial charge in [-0.15, -0.1) is 0 Å². The number of rotatable bonds is 8. The van der Waals surface area contributed by atoms with Crippen molar-refractivity contribution >= 4 is 11.6 Å². The largest absolute Gasteiger partial charge is 0.383 e. The lowest BCUT2D eigenvalue weighted by atomic mass is 10.2. The highest BCUT2D eigenvalue weighted by atomic mass is 16.1. The Kier molecular flexibility index (Phi) is 6.14. The van der Waals surface area contributed by atoms with E-state index in [4.69, 9.17) is 0 Å². The van der Waals surface area contributed by atoms with Crippen molar-refractivity contribution in [2.45, 2.75) is 40.2 Å². The average Bonchev–Trinajstić information content (AvgIpc) is 2.83. The van der Waals surface area contributed by atoms with Gasteiger partial charge in [0.15, 0.2) is 0 Å². The summed E-state index contributed by atoms with van der Waals surface area (Å²) >= 11 is 0. The van der Waals surface area contributed by atoms with Crippen molar-refractivity contribution in [3.8, 4) is 0 Å². The van der Waals surface area contributed by atoms with E-state index >= 15 is 0 Å². The number of carbonyl (C=O) groups is 1. The first kappa shape index (κ1) is 17.0. The summed E-state index contributed by atoms with van der Waals surface area (Å²) in [6, 6.07) is 3.98. The number of carbonyl (C=O) groups excluding carboxylic acids is 1. The van der Waals surface area contributed by atoms with Crippen molar-refractivity contribution in [2.24, 2.45) is 0 Å². The molecular weight excluding hydrogens is 290 g/mol. The molecule has 0 aromatic carbocycles. The Morgan fingerprint density at radius 1 is 1.26 bits per heavy atom. The van der Waals surface area contributed by atoms with Crippen LogP contribution >= 0.6 is 0 Å². The molecule has 0 atom stereocenters. The summed E-state index contributed by atoms with van der Waals surface area (Å²) < 4.78 is 1.95. The van der Waals surface area contributed by atoms with Gasteiger partial charge in [-0.3, -0.25) is 14.5 Å². The van der Waals surface area contributed by atoms with Crippen molar-refractivity contribution in [1.29, 1.82) is 0 Å². The van der Waals surface area contributed by atoms with Crippen LogP contribution in [0.3, 0.4) is 0 Å². The van der Waals surface area contributed by atoms with Crippen LogP contribution in [-0.4, -0.2) is 33.8 Å². The molecule has 2 rings (SSSR count). The molecule has 2 aromatic heterocycles. The predicted molar refractivity (Wildman–Crippen MR) is 91.4 cm³/mol. The second-order valence-electron chi connectivity index (χ2n) is 5.72. The van der Waals surface area contributed by atoms with E-state index < -0.39 is 0 Å². The highest BCUT2D eigenvalue weighted by Gasteiger charge is 2.04. The summed E-state index contributed by atoms with van der Waals surface area (Å²) in [5.41, 5.74) is 4.31. The van der Waals surface area contributed by atoms with Crippen LogP contribution in [0.5, 0.6) is 0 Å². The molecule has 1 amide bonds. The molecule has 0 aliphatic heterocycles. The van der Waals surface area contributed by atoms with Crippen LogP contribution in [0.15, 0.2) is 24.5 Å². The fraction of sp³-hybridized carbons (Fsp3) is 0.471. The second kappa shape index (κ2) is 8.31. The van der Waals surface area contributed by atoms with Crippen molar-refractivity contribution in [2.75, 3.05) is 18.4 Å². The number of hydrogen-bond donors (Lipinski definition) is 2. The van der Waals surface area contributed by atoms with Crippen LogP contribution in [0.2, 0.25) is 0 Å². The minimum atomic E-state index is 0.0831. The van der Waals surface area contributed by atoms with E-state index in [1.165, 1.54) is 0 Å². The number of amides is 1. The van der Waals surface area contributed by atoms with Gasteiger partial charge in [0.1, 0.15) is 0 Å². The lowest BCUT2D eigenvalue weighted by Gasteiger charge is -2.10. The van der Waals surface area contributed by atoms with E-state index in [0.29, 0.717) is 19.5 Å². The fourth-order valence-corrected chi connectivity index (χ4v) is 2.45. The highest BCUT2D eigenvalue weighted by Crippen LogP contribution is 2.10. The SMILES string of the molecule is Cc1cc(C)n(CCCC(=O)NCCNc2ccncc2C)n1. The first-order valence-corrected chi connectivity index (χ1v) is 7.98. The molecule has 23 heavy (non-hydrogen) atoms. The van der Waals surface area contributed by atoms with E-state index in [0.717, 1.165) is 35.6 Å². The molecule has 0 aliphatic rings. The molecule has 0 bridgehead atoms. The van der Waals surface area contributed by atoms with Gasteiger partial charge in [0.05, 0.1) is 5.69 Å². The summed E-state index contributed by atoms with van der Waals surface area (Å²) in [6.07, 6.45) is 4.89. The van der Waals surface area contributed by atoms with Crippen LogP contribution in [0, 0.1) is 20.8 Å². The number of aryl methyl sites for hydroxylation is 4. The number of aromatic nitrogens is 3. The van der Waals surface area contributed by atoms with Gasteiger partial charge in [0.25, 0.3) is 0 Å². The van der Waals surface area contributed by atoms with Crippen LogP contribution in [0.25, 0.3) is 0 Å². The molecule has 6 heteroatoms. The smallest absolute Gasteiger partial charge is 0.220 e. The summed E-state index contributed by atoms with van der Waals surface area (Å²) in [6.45, 7) is 8.11. The summed E-state index contributed by atoms with van der Waals surface area (Å²) in [5, 5.41) is 10.6. The molecule has 0 saturated heterocycles. The Balaban J connectivity index is 1.60. The van der Waals surface area contributed by atoms with E-state index in [9.17, 15) is 4.79 Å². The molecule has 0 aliphatic carbocycles. The van der Waals surface area contributed by atoms with E-state index in [-0.39, 0.29) is 5.91 Å². The Morgan fingerprint density at radius 3 is 2.78 bits per heavy atom. The van der Waals surface area contributed by atoms with Crippen molar-refractivity contribution in [3.05, 3.63) is 41.5 Å². The first-order valence-electron chi connectivity index (χ1n) is 7.98. The fourth-order valence-electron chi connectivity index (χ4n) is 2.45. The van der Waals surface area contributed by atoms with Crippen molar-refractivity contribution in [1.82, 2.24) is 20.1 Å². The zero-order chi connectivity index (χ0) is 16.7. The number of pyridine rings is 1. The molecule has 2 N–H and O–H groups in total. The molecule has 0 spiro atoms. The standard InChI is InChI=1S/C17H25N5O/c1-13-12-18-7-6-16(13)19-8-9-20-17(23)5-4-10-22-15(3)11-14(2)21-22/h6-7,11-12H,4-5,8-10H2,1-3H3,(H,18,19)(H,20,23). The third-order valence-corrected chi connectivity index (χ3v) is 3.66. The van der Waals surface area contributed by atoms with Gasteiger partial charge >= 0.3 is 0 Å². The van der Waals surface area contributed by atoms with E-state index in [1.54, 1.807) is 6.20 Å². The first-order chi connectivity index (χ1) is 11.1. The third-order valence-electron chi connectivity index (χ3n) is 3.66. The number of nitrogens with one attached hydrogen (secondary N) is 2. The minimum Gasteiger partial charge on any atom is -0.383 e. The molecule has 0 radical (unpaired) electrons. The zero-order valence-corrected chi connectivity index (χ0v) is 14.1.